The minimum absolute atomic E-state index is 0. The van der Waals surface area contributed by atoms with Gasteiger partial charge in [-0.2, -0.15) is 0 Å². The number of carbonyl (C=O) groups excluding carboxylic acids is 2. The van der Waals surface area contributed by atoms with Gasteiger partial charge in [0.25, 0.3) is 10.5 Å². The molecule has 0 atom stereocenters. The predicted molar refractivity (Wildman–Crippen MR) is 57.1 cm³/mol. The molecule has 0 fully saturated rings. The van der Waals surface area contributed by atoms with Crippen LogP contribution in [0.25, 0.3) is 0 Å². The van der Waals surface area contributed by atoms with Crippen molar-refractivity contribution >= 4 is 50.7 Å². The molecule has 0 amide bonds. The van der Waals surface area contributed by atoms with E-state index < -0.39 is 10.5 Å². The van der Waals surface area contributed by atoms with Crippen molar-refractivity contribution < 1.29 is 9.59 Å². The van der Waals surface area contributed by atoms with E-state index in [0.29, 0.717) is 0 Å². The summed E-state index contributed by atoms with van der Waals surface area (Å²) in [5.41, 5.74) is 0.534. The Kier molecular flexibility index (Phi) is 5.21. The Morgan fingerprint density at radius 3 is 1.69 bits per heavy atom. The maximum atomic E-state index is 10.6. The van der Waals surface area contributed by atoms with Crippen molar-refractivity contribution in [1.29, 1.82) is 0 Å². The Labute approximate surface area is 95.6 Å². The zero-order valence-corrected chi connectivity index (χ0v) is 9.52. The molecule has 1 rings (SSSR count). The molecule has 5 heteroatoms. The third-order valence-electron chi connectivity index (χ3n) is 1.32. The van der Waals surface area contributed by atoms with Gasteiger partial charge < -0.3 is 0 Å². The number of hydrogen-bond donors (Lipinski definition) is 0. The number of benzene rings is 1. The largest absolute Gasteiger partial charge is 0.276 e. The summed E-state index contributed by atoms with van der Waals surface area (Å²) in [6, 6.07) is 5.92. The molecule has 0 saturated heterocycles. The second-order valence-corrected chi connectivity index (χ2v) is 2.81. The maximum Gasteiger partial charge on any atom is 0.252 e. The van der Waals surface area contributed by atoms with Crippen molar-refractivity contribution in [2.45, 2.75) is 0 Å². The molecule has 0 aliphatic rings. The summed E-state index contributed by atoms with van der Waals surface area (Å²) in [6.45, 7) is 0. The minimum Gasteiger partial charge on any atom is -0.276 e. The molecule has 70 valence electrons. The topological polar surface area (TPSA) is 34.1 Å². The van der Waals surface area contributed by atoms with Crippen molar-refractivity contribution in [2.24, 2.45) is 0 Å². The normalized spacial score (nSPS) is 8.77. The van der Waals surface area contributed by atoms with Gasteiger partial charge in [0, 0.05) is 11.1 Å². The molecule has 0 aliphatic heterocycles. The molecule has 0 aliphatic carbocycles. The monoisotopic (exact) mass is 282 g/mol. The van der Waals surface area contributed by atoms with Crippen molar-refractivity contribution in [3.63, 3.8) is 0 Å². The molecule has 0 radical (unpaired) electrons. The average molecular weight is 284 g/mol. The van der Waals surface area contributed by atoms with Gasteiger partial charge in [0.15, 0.2) is 0 Å². The van der Waals surface area contributed by atoms with Gasteiger partial charge in [0.05, 0.1) is 0 Å². The first-order valence-corrected chi connectivity index (χ1v) is 3.86. The molecule has 0 saturated carbocycles. The third kappa shape index (κ3) is 3.46. The van der Waals surface area contributed by atoms with Crippen LogP contribution in [0.3, 0.4) is 0 Å². The third-order valence-corrected chi connectivity index (χ3v) is 1.75. The lowest BCUT2D eigenvalue weighted by atomic mass is 10.1. The molecular formula is C8H5BrCl2O2. The first-order chi connectivity index (χ1) is 5.61. The Bertz CT molecular complexity index is 309. The highest BCUT2D eigenvalue weighted by atomic mass is 79.9. The van der Waals surface area contributed by atoms with E-state index in [0.717, 1.165) is 0 Å². The summed E-state index contributed by atoms with van der Waals surface area (Å²) in [4.78, 5) is 21.3. The van der Waals surface area contributed by atoms with Crippen LogP contribution in [0.2, 0.25) is 0 Å². The van der Waals surface area contributed by atoms with E-state index in [1.807, 2.05) is 0 Å². The molecule has 0 unspecified atom stereocenters. The quantitative estimate of drug-likeness (QED) is 0.782. The van der Waals surface area contributed by atoms with E-state index in [4.69, 9.17) is 23.2 Å². The summed E-state index contributed by atoms with van der Waals surface area (Å²) in [5, 5.41) is -1.20. The highest BCUT2D eigenvalue weighted by molar-refractivity contribution is 8.93. The van der Waals surface area contributed by atoms with E-state index in [-0.39, 0.29) is 28.1 Å². The van der Waals surface area contributed by atoms with Crippen molar-refractivity contribution in [2.75, 3.05) is 0 Å². The van der Waals surface area contributed by atoms with Crippen molar-refractivity contribution in [3.05, 3.63) is 35.4 Å². The first-order valence-electron chi connectivity index (χ1n) is 3.11. The number of rotatable bonds is 2. The van der Waals surface area contributed by atoms with Crippen LogP contribution in [-0.2, 0) is 0 Å². The Hall–Kier alpha value is -0.380. The average Bonchev–Trinajstić information content (AvgIpc) is 2.04. The molecular weight excluding hydrogens is 279 g/mol. The van der Waals surface area contributed by atoms with Gasteiger partial charge in [0.2, 0.25) is 0 Å². The van der Waals surface area contributed by atoms with Crippen LogP contribution >= 0.6 is 40.2 Å². The number of carbonyl (C=O) groups is 2. The fourth-order valence-electron chi connectivity index (χ4n) is 0.764. The van der Waals surface area contributed by atoms with Gasteiger partial charge in [-0.05, 0) is 29.3 Å². The van der Waals surface area contributed by atoms with Gasteiger partial charge in [-0.1, -0.05) is 18.2 Å². The van der Waals surface area contributed by atoms with Crippen LogP contribution in [0.1, 0.15) is 20.7 Å². The van der Waals surface area contributed by atoms with Crippen molar-refractivity contribution in [1.82, 2.24) is 0 Å². The Balaban J connectivity index is 0.00000144. The lowest BCUT2D eigenvalue weighted by Gasteiger charge is -1.95. The summed E-state index contributed by atoms with van der Waals surface area (Å²) in [6.07, 6.45) is 0. The fraction of sp³-hybridized carbons (Fsp3) is 0. The highest BCUT2D eigenvalue weighted by Crippen LogP contribution is 2.09. The standard InChI is InChI=1S/C8H4Cl2O2.BrH/c9-7(11)5-2-1-3-6(4-5)8(10)12;/h1-4H;1H. The minimum atomic E-state index is -0.602. The van der Waals surface area contributed by atoms with Crippen LogP contribution < -0.4 is 0 Å². The van der Waals surface area contributed by atoms with Gasteiger partial charge in [-0.3, -0.25) is 9.59 Å². The molecule has 0 bridgehead atoms. The highest BCUT2D eigenvalue weighted by Gasteiger charge is 2.05. The first kappa shape index (κ1) is 12.6. The lowest BCUT2D eigenvalue weighted by Crippen LogP contribution is -1.93. The van der Waals surface area contributed by atoms with Crippen LogP contribution in [0.15, 0.2) is 24.3 Å². The Morgan fingerprint density at radius 1 is 1.00 bits per heavy atom. The van der Waals surface area contributed by atoms with E-state index in [2.05, 4.69) is 0 Å². The summed E-state index contributed by atoms with van der Waals surface area (Å²) < 4.78 is 0. The number of hydrogen-bond acceptors (Lipinski definition) is 2. The lowest BCUT2D eigenvalue weighted by molar-refractivity contribution is 0.108. The molecule has 2 nitrogen and oxygen atoms in total. The summed E-state index contributed by atoms with van der Waals surface area (Å²) in [5.74, 6) is 0. The van der Waals surface area contributed by atoms with Crippen LogP contribution in [-0.4, -0.2) is 10.5 Å². The zero-order valence-electron chi connectivity index (χ0n) is 6.29. The zero-order chi connectivity index (χ0) is 9.14. The van der Waals surface area contributed by atoms with E-state index in [1.54, 1.807) is 6.07 Å². The SMILES string of the molecule is Br.O=C(Cl)c1cccc(C(=O)Cl)c1. The Morgan fingerprint density at radius 2 is 1.38 bits per heavy atom. The van der Waals surface area contributed by atoms with E-state index in [1.165, 1.54) is 18.2 Å². The summed E-state index contributed by atoms with van der Waals surface area (Å²) in [7, 11) is 0. The van der Waals surface area contributed by atoms with Crippen molar-refractivity contribution in [3.8, 4) is 0 Å². The van der Waals surface area contributed by atoms with Gasteiger partial charge in [0.1, 0.15) is 0 Å². The maximum absolute atomic E-state index is 10.6. The van der Waals surface area contributed by atoms with Crippen LogP contribution in [0, 0.1) is 0 Å². The van der Waals surface area contributed by atoms with Gasteiger partial charge in [-0.15, -0.1) is 17.0 Å². The van der Waals surface area contributed by atoms with Gasteiger partial charge >= 0.3 is 0 Å². The van der Waals surface area contributed by atoms with Crippen LogP contribution in [0.4, 0.5) is 0 Å². The molecule has 0 heterocycles. The second kappa shape index (κ2) is 5.37. The van der Waals surface area contributed by atoms with Gasteiger partial charge in [-0.25, -0.2) is 0 Å². The molecule has 13 heavy (non-hydrogen) atoms. The molecule has 0 aromatic heterocycles. The van der Waals surface area contributed by atoms with Crippen LogP contribution in [0.5, 0.6) is 0 Å². The fourth-order valence-corrected chi connectivity index (χ4v) is 0.999. The summed E-state index contributed by atoms with van der Waals surface area (Å²) >= 11 is 10.4. The molecule has 0 spiro atoms. The smallest absolute Gasteiger partial charge is 0.252 e. The van der Waals surface area contributed by atoms with E-state index >= 15 is 0 Å². The second-order valence-electron chi connectivity index (χ2n) is 2.13. The van der Waals surface area contributed by atoms with E-state index in [9.17, 15) is 9.59 Å². The predicted octanol–water partition coefficient (Wildman–Crippen LogP) is 3.02. The molecule has 1 aromatic carbocycles. The number of halogens is 3. The molecule has 0 N–H and O–H groups in total. The molecule has 1 aromatic rings.